The molecule has 0 amide bonds. The van der Waals surface area contributed by atoms with Gasteiger partial charge in [0.2, 0.25) is 0 Å². The zero-order chi connectivity index (χ0) is 21.6. The van der Waals surface area contributed by atoms with E-state index in [-0.39, 0.29) is 5.63 Å². The Morgan fingerprint density at radius 2 is 1.65 bits per heavy atom. The van der Waals surface area contributed by atoms with E-state index in [0.717, 1.165) is 68.1 Å². The summed E-state index contributed by atoms with van der Waals surface area (Å²) in [5.41, 5.74) is 2.64. The molecule has 164 valence electrons. The predicted octanol–water partition coefficient (Wildman–Crippen LogP) is 3.56. The molecule has 6 nitrogen and oxygen atoms in total. The molecular formula is C25H30N2O4. The largest absolute Gasteiger partial charge is 0.497 e. The Labute approximate surface area is 183 Å². The van der Waals surface area contributed by atoms with E-state index in [9.17, 15) is 4.79 Å². The van der Waals surface area contributed by atoms with Crippen LogP contribution in [-0.2, 0) is 13.0 Å². The van der Waals surface area contributed by atoms with E-state index < -0.39 is 0 Å². The maximum Gasteiger partial charge on any atom is 0.336 e. The average Bonchev–Trinajstić information content (AvgIpc) is 2.80. The molecule has 1 fully saturated rings. The summed E-state index contributed by atoms with van der Waals surface area (Å²) in [6.07, 6.45) is 0.925. The molecule has 0 bridgehead atoms. The molecule has 31 heavy (non-hydrogen) atoms. The minimum absolute atomic E-state index is 0.273. The quantitative estimate of drug-likeness (QED) is 0.518. The molecule has 0 aliphatic carbocycles. The molecule has 6 heteroatoms. The van der Waals surface area contributed by atoms with Gasteiger partial charge in [-0.1, -0.05) is 19.1 Å². The monoisotopic (exact) mass is 422 g/mol. The van der Waals surface area contributed by atoms with Crippen molar-refractivity contribution in [2.75, 3.05) is 46.4 Å². The van der Waals surface area contributed by atoms with E-state index >= 15 is 0 Å². The standard InChI is InChI=1S/C25H30N2O4/c1-3-19-4-9-23-20(17-25(28)31-24(23)16-19)18-27-12-10-26(11-13-27)14-15-30-22-7-5-21(29-2)6-8-22/h4-9,16-17H,3,10-15,18H2,1-2H3. The molecule has 0 spiro atoms. The third-order valence-corrected chi connectivity index (χ3v) is 5.90. The zero-order valence-corrected chi connectivity index (χ0v) is 18.3. The molecule has 3 aromatic rings. The second kappa shape index (κ2) is 9.98. The van der Waals surface area contributed by atoms with E-state index in [0.29, 0.717) is 12.2 Å². The summed E-state index contributed by atoms with van der Waals surface area (Å²) in [7, 11) is 1.66. The number of nitrogens with zero attached hydrogens (tertiary/aromatic N) is 2. The number of benzene rings is 2. The van der Waals surface area contributed by atoms with Gasteiger partial charge in [-0.15, -0.1) is 0 Å². The lowest BCUT2D eigenvalue weighted by atomic mass is 10.1. The van der Waals surface area contributed by atoms with Crippen LogP contribution in [0.3, 0.4) is 0 Å². The van der Waals surface area contributed by atoms with Crippen LogP contribution in [0.25, 0.3) is 11.0 Å². The van der Waals surface area contributed by atoms with Crippen molar-refractivity contribution in [1.29, 1.82) is 0 Å². The van der Waals surface area contributed by atoms with E-state index in [4.69, 9.17) is 13.9 Å². The number of hydrogen-bond donors (Lipinski definition) is 0. The van der Waals surface area contributed by atoms with Crippen LogP contribution in [0.2, 0.25) is 0 Å². The minimum atomic E-state index is -0.273. The summed E-state index contributed by atoms with van der Waals surface area (Å²) in [4.78, 5) is 16.9. The number of rotatable bonds is 8. The van der Waals surface area contributed by atoms with Crippen LogP contribution in [0.4, 0.5) is 0 Å². The van der Waals surface area contributed by atoms with Gasteiger partial charge in [-0.2, -0.15) is 0 Å². The van der Waals surface area contributed by atoms with E-state index in [1.54, 1.807) is 13.2 Å². The number of fused-ring (bicyclic) bond motifs is 1. The van der Waals surface area contributed by atoms with Crippen molar-refractivity contribution in [2.24, 2.45) is 0 Å². The maximum atomic E-state index is 12.1. The van der Waals surface area contributed by atoms with Gasteiger partial charge in [-0.3, -0.25) is 9.80 Å². The van der Waals surface area contributed by atoms with Crippen LogP contribution >= 0.6 is 0 Å². The molecule has 0 saturated carbocycles. The van der Waals surface area contributed by atoms with Gasteiger partial charge in [0.25, 0.3) is 0 Å². The highest BCUT2D eigenvalue weighted by Crippen LogP contribution is 2.21. The van der Waals surface area contributed by atoms with Crippen LogP contribution in [0, 0.1) is 0 Å². The molecule has 1 aliphatic rings. The Kier molecular flexibility index (Phi) is 6.89. The molecule has 2 aromatic carbocycles. The molecule has 0 unspecified atom stereocenters. The molecule has 0 N–H and O–H groups in total. The topological polar surface area (TPSA) is 55.2 Å². The Morgan fingerprint density at radius 3 is 2.35 bits per heavy atom. The second-order valence-electron chi connectivity index (χ2n) is 7.92. The first-order chi connectivity index (χ1) is 15.1. The number of piperazine rings is 1. The van der Waals surface area contributed by atoms with Gasteiger partial charge in [-0.25, -0.2) is 4.79 Å². The molecule has 1 aliphatic heterocycles. The molecule has 2 heterocycles. The number of ether oxygens (including phenoxy) is 2. The summed E-state index contributed by atoms with van der Waals surface area (Å²) in [5, 5.41) is 1.03. The van der Waals surface area contributed by atoms with Gasteiger partial charge >= 0.3 is 5.63 Å². The molecule has 0 radical (unpaired) electrons. The van der Waals surface area contributed by atoms with Gasteiger partial charge in [0.05, 0.1) is 7.11 Å². The lowest BCUT2D eigenvalue weighted by molar-refractivity contribution is 0.112. The van der Waals surface area contributed by atoms with Crippen molar-refractivity contribution < 1.29 is 13.9 Å². The van der Waals surface area contributed by atoms with Crippen LogP contribution in [0.5, 0.6) is 11.5 Å². The Bertz CT molecular complexity index is 1050. The first-order valence-corrected chi connectivity index (χ1v) is 10.9. The summed E-state index contributed by atoms with van der Waals surface area (Å²) >= 11 is 0. The summed E-state index contributed by atoms with van der Waals surface area (Å²) in [6, 6.07) is 15.5. The molecule has 0 atom stereocenters. The Hall–Kier alpha value is -2.83. The molecule has 1 saturated heterocycles. The van der Waals surface area contributed by atoms with Crippen LogP contribution in [0.15, 0.2) is 57.7 Å². The maximum absolute atomic E-state index is 12.1. The number of hydrogen-bond acceptors (Lipinski definition) is 6. The summed E-state index contributed by atoms with van der Waals surface area (Å²) < 4.78 is 16.5. The van der Waals surface area contributed by atoms with Crippen molar-refractivity contribution in [3.63, 3.8) is 0 Å². The van der Waals surface area contributed by atoms with Crippen LogP contribution in [-0.4, -0.2) is 56.2 Å². The molecular weight excluding hydrogens is 392 g/mol. The van der Waals surface area contributed by atoms with Crippen molar-refractivity contribution in [1.82, 2.24) is 9.80 Å². The number of methoxy groups -OCH3 is 1. The SMILES string of the molecule is CCc1ccc2c(CN3CCN(CCOc4ccc(OC)cc4)CC3)cc(=O)oc2c1. The predicted molar refractivity (Wildman–Crippen MR) is 122 cm³/mol. The van der Waals surface area contributed by atoms with Crippen LogP contribution < -0.4 is 15.1 Å². The van der Waals surface area contributed by atoms with Gasteiger partial charge in [0.15, 0.2) is 0 Å². The summed E-state index contributed by atoms with van der Waals surface area (Å²) in [6.45, 7) is 8.35. The van der Waals surface area contributed by atoms with Crippen molar-refractivity contribution in [2.45, 2.75) is 19.9 Å². The third kappa shape index (κ3) is 5.46. The first-order valence-electron chi connectivity index (χ1n) is 10.9. The Balaban J connectivity index is 1.28. The minimum Gasteiger partial charge on any atom is -0.497 e. The van der Waals surface area contributed by atoms with Crippen molar-refractivity contribution in [3.05, 3.63) is 70.1 Å². The third-order valence-electron chi connectivity index (χ3n) is 5.90. The van der Waals surface area contributed by atoms with E-state index in [1.807, 2.05) is 30.3 Å². The lowest BCUT2D eigenvalue weighted by Gasteiger charge is -2.34. The highest BCUT2D eigenvalue weighted by Gasteiger charge is 2.18. The highest BCUT2D eigenvalue weighted by atomic mass is 16.5. The van der Waals surface area contributed by atoms with E-state index in [1.165, 1.54) is 5.56 Å². The summed E-state index contributed by atoms with van der Waals surface area (Å²) in [5.74, 6) is 1.69. The van der Waals surface area contributed by atoms with Crippen molar-refractivity contribution in [3.8, 4) is 11.5 Å². The molecule has 1 aromatic heterocycles. The Morgan fingerprint density at radius 1 is 0.935 bits per heavy atom. The van der Waals surface area contributed by atoms with Gasteiger partial charge < -0.3 is 13.9 Å². The lowest BCUT2D eigenvalue weighted by Crippen LogP contribution is -2.47. The average molecular weight is 423 g/mol. The fourth-order valence-electron chi connectivity index (χ4n) is 4.00. The fraction of sp³-hybridized carbons (Fsp3) is 0.400. The van der Waals surface area contributed by atoms with Crippen molar-refractivity contribution >= 4 is 11.0 Å². The smallest absolute Gasteiger partial charge is 0.336 e. The fourth-order valence-corrected chi connectivity index (χ4v) is 4.00. The number of aryl methyl sites for hydroxylation is 1. The van der Waals surface area contributed by atoms with Gasteiger partial charge in [0, 0.05) is 50.7 Å². The van der Waals surface area contributed by atoms with Crippen LogP contribution in [0.1, 0.15) is 18.1 Å². The normalized spacial score (nSPS) is 15.3. The van der Waals surface area contributed by atoms with Gasteiger partial charge in [-0.05, 0) is 47.9 Å². The molecule has 4 rings (SSSR count). The zero-order valence-electron chi connectivity index (χ0n) is 18.3. The highest BCUT2D eigenvalue weighted by molar-refractivity contribution is 5.80. The van der Waals surface area contributed by atoms with E-state index in [2.05, 4.69) is 28.9 Å². The first kappa shape index (κ1) is 21.4. The second-order valence-corrected chi connectivity index (χ2v) is 7.92. The van der Waals surface area contributed by atoms with Gasteiger partial charge in [0.1, 0.15) is 23.7 Å².